The minimum Gasteiger partial charge on any atom is -0.297 e. The van der Waals surface area contributed by atoms with Crippen LogP contribution in [-0.2, 0) is 11.2 Å². The lowest BCUT2D eigenvalue weighted by Crippen LogP contribution is -2.63. The zero-order valence-corrected chi connectivity index (χ0v) is 11.9. The van der Waals surface area contributed by atoms with E-state index in [-0.39, 0.29) is 11.5 Å². The van der Waals surface area contributed by atoms with Crippen molar-refractivity contribution >= 4 is 5.78 Å². The largest absolute Gasteiger partial charge is 0.297 e. The topological polar surface area (TPSA) is 20.3 Å². The third-order valence-electron chi connectivity index (χ3n) is 5.30. The predicted molar refractivity (Wildman–Crippen MR) is 77.0 cm³/mol. The van der Waals surface area contributed by atoms with Gasteiger partial charge in [0.25, 0.3) is 0 Å². The number of ketones is 1. The average molecular weight is 257 g/mol. The van der Waals surface area contributed by atoms with Gasteiger partial charge in [-0.05, 0) is 43.8 Å². The molecule has 0 aromatic heterocycles. The Morgan fingerprint density at radius 3 is 2.42 bits per heavy atom. The van der Waals surface area contributed by atoms with Crippen molar-refractivity contribution in [2.75, 3.05) is 13.1 Å². The second-order valence-electron chi connectivity index (χ2n) is 6.42. The first-order valence-electron chi connectivity index (χ1n) is 7.46. The fraction of sp³-hybridized carbons (Fsp3) is 0.588. The van der Waals surface area contributed by atoms with Crippen molar-refractivity contribution in [2.45, 2.75) is 39.2 Å². The summed E-state index contributed by atoms with van der Waals surface area (Å²) in [6.45, 7) is 6.64. The lowest BCUT2D eigenvalue weighted by Gasteiger charge is -2.53. The van der Waals surface area contributed by atoms with E-state index in [4.69, 9.17) is 0 Å². The number of fused-ring (bicyclic) bond motifs is 3. The molecular weight excluding hydrogens is 234 g/mol. The van der Waals surface area contributed by atoms with Gasteiger partial charge in [0.2, 0.25) is 0 Å². The van der Waals surface area contributed by atoms with Crippen LogP contribution in [0.25, 0.3) is 0 Å². The van der Waals surface area contributed by atoms with Gasteiger partial charge in [-0.2, -0.15) is 0 Å². The summed E-state index contributed by atoms with van der Waals surface area (Å²) < 4.78 is 0. The zero-order valence-electron chi connectivity index (χ0n) is 11.9. The highest BCUT2D eigenvalue weighted by atomic mass is 16.1. The number of carbonyl (C=O) groups is 1. The molecule has 2 nitrogen and oxygen atoms in total. The smallest absolute Gasteiger partial charge is 0.156 e. The van der Waals surface area contributed by atoms with Crippen molar-refractivity contribution < 1.29 is 4.79 Å². The molecule has 1 unspecified atom stereocenters. The molecule has 0 radical (unpaired) electrons. The molecule has 0 amide bonds. The highest BCUT2D eigenvalue weighted by Gasteiger charge is 2.52. The third kappa shape index (κ3) is 2.02. The van der Waals surface area contributed by atoms with Crippen LogP contribution in [0.2, 0.25) is 0 Å². The van der Waals surface area contributed by atoms with Gasteiger partial charge in [-0.15, -0.1) is 0 Å². The first-order chi connectivity index (χ1) is 9.13. The monoisotopic (exact) mass is 257 g/mol. The summed E-state index contributed by atoms with van der Waals surface area (Å²) in [5.74, 6) is 0.976. The van der Waals surface area contributed by atoms with Gasteiger partial charge in [-0.25, -0.2) is 0 Å². The Morgan fingerprint density at radius 2 is 1.84 bits per heavy atom. The molecule has 3 fully saturated rings. The van der Waals surface area contributed by atoms with E-state index >= 15 is 0 Å². The van der Waals surface area contributed by atoms with Crippen LogP contribution in [-0.4, -0.2) is 29.8 Å². The molecule has 1 atom stereocenters. The lowest BCUT2D eigenvalue weighted by atomic mass is 9.61. The van der Waals surface area contributed by atoms with E-state index < -0.39 is 0 Å². The molecule has 0 saturated carbocycles. The van der Waals surface area contributed by atoms with Crippen molar-refractivity contribution in [3.05, 3.63) is 35.9 Å². The number of rotatable bonds is 3. The molecule has 3 aliphatic heterocycles. The van der Waals surface area contributed by atoms with Crippen LogP contribution in [0.3, 0.4) is 0 Å². The summed E-state index contributed by atoms with van der Waals surface area (Å²) in [7, 11) is 0. The van der Waals surface area contributed by atoms with Gasteiger partial charge in [0.15, 0.2) is 5.78 Å². The standard InChI is InChI=1S/C17H23NO/c1-13(2)17-8-10-18(11-9-17)15(16(17)19)12-14-6-4-3-5-7-14/h3-7,13,15H,8-12H2,1-2H3. The second kappa shape index (κ2) is 4.75. The molecule has 3 heterocycles. The molecular formula is C17H23NO. The molecule has 0 spiro atoms. The Morgan fingerprint density at radius 1 is 1.21 bits per heavy atom. The van der Waals surface area contributed by atoms with Gasteiger partial charge in [0.05, 0.1) is 6.04 Å². The quantitative estimate of drug-likeness (QED) is 0.830. The molecule has 1 aromatic rings. The molecule has 102 valence electrons. The van der Waals surface area contributed by atoms with E-state index in [1.54, 1.807) is 0 Å². The van der Waals surface area contributed by atoms with Gasteiger partial charge in [-0.1, -0.05) is 44.2 Å². The van der Waals surface area contributed by atoms with Crippen LogP contribution in [0.1, 0.15) is 32.3 Å². The number of hydrogen-bond acceptors (Lipinski definition) is 2. The highest BCUT2D eigenvalue weighted by molar-refractivity contribution is 5.91. The Labute approximate surface area is 115 Å². The van der Waals surface area contributed by atoms with Crippen molar-refractivity contribution in [2.24, 2.45) is 11.3 Å². The Kier molecular flexibility index (Phi) is 3.22. The van der Waals surface area contributed by atoms with E-state index in [1.807, 2.05) is 6.07 Å². The van der Waals surface area contributed by atoms with Crippen molar-refractivity contribution in [3.8, 4) is 0 Å². The maximum absolute atomic E-state index is 12.9. The van der Waals surface area contributed by atoms with E-state index in [0.717, 1.165) is 32.4 Å². The van der Waals surface area contributed by atoms with Crippen LogP contribution in [0.15, 0.2) is 30.3 Å². The predicted octanol–water partition coefficient (Wildman–Crippen LogP) is 2.92. The lowest BCUT2D eigenvalue weighted by molar-refractivity contribution is -0.152. The molecule has 3 aliphatic rings. The van der Waals surface area contributed by atoms with E-state index in [9.17, 15) is 4.79 Å². The summed E-state index contributed by atoms with van der Waals surface area (Å²) in [5, 5.41) is 0. The zero-order chi connectivity index (χ0) is 13.5. The molecule has 4 rings (SSSR count). The number of hydrogen-bond donors (Lipinski definition) is 0. The van der Waals surface area contributed by atoms with E-state index in [2.05, 4.69) is 43.0 Å². The summed E-state index contributed by atoms with van der Waals surface area (Å²) in [4.78, 5) is 15.3. The minimum absolute atomic E-state index is 0.0335. The fourth-order valence-electron chi connectivity index (χ4n) is 3.90. The van der Waals surface area contributed by atoms with Gasteiger partial charge in [0.1, 0.15) is 0 Å². The molecule has 0 aliphatic carbocycles. The van der Waals surface area contributed by atoms with Crippen LogP contribution >= 0.6 is 0 Å². The van der Waals surface area contributed by atoms with Gasteiger partial charge >= 0.3 is 0 Å². The molecule has 0 N–H and O–H groups in total. The Bertz CT molecular complexity index is 457. The molecule has 2 bridgehead atoms. The van der Waals surface area contributed by atoms with Gasteiger partial charge in [0, 0.05) is 5.41 Å². The van der Waals surface area contributed by atoms with Crippen LogP contribution in [0, 0.1) is 11.3 Å². The van der Waals surface area contributed by atoms with Crippen LogP contribution in [0.5, 0.6) is 0 Å². The normalized spacial score (nSPS) is 33.9. The number of carbonyl (C=O) groups excluding carboxylic acids is 1. The number of nitrogens with zero attached hydrogens (tertiary/aromatic N) is 1. The number of piperidine rings is 3. The maximum Gasteiger partial charge on any atom is 0.156 e. The first-order valence-corrected chi connectivity index (χ1v) is 7.46. The van der Waals surface area contributed by atoms with Crippen molar-refractivity contribution in [1.29, 1.82) is 0 Å². The fourth-order valence-corrected chi connectivity index (χ4v) is 3.90. The molecule has 1 aromatic carbocycles. The molecule has 3 saturated heterocycles. The van der Waals surface area contributed by atoms with Crippen LogP contribution in [0.4, 0.5) is 0 Å². The van der Waals surface area contributed by atoms with Crippen LogP contribution < -0.4 is 0 Å². The van der Waals surface area contributed by atoms with E-state index in [1.165, 1.54) is 5.56 Å². The average Bonchev–Trinajstić information content (AvgIpc) is 2.44. The molecule has 2 heteroatoms. The number of Topliss-reactive ketones (excluding diaryl/α,β-unsaturated/α-hetero) is 1. The summed E-state index contributed by atoms with van der Waals surface area (Å²) in [6.07, 6.45) is 3.01. The first kappa shape index (κ1) is 12.9. The second-order valence-corrected chi connectivity index (χ2v) is 6.42. The maximum atomic E-state index is 12.9. The van der Waals surface area contributed by atoms with E-state index in [0.29, 0.717) is 11.7 Å². The summed E-state index contributed by atoms with van der Waals surface area (Å²) in [6, 6.07) is 10.6. The minimum atomic E-state index is -0.0335. The summed E-state index contributed by atoms with van der Waals surface area (Å²) >= 11 is 0. The molecule has 19 heavy (non-hydrogen) atoms. The SMILES string of the molecule is CC(C)C12CCN(CC1)C(Cc1ccccc1)C2=O. The van der Waals surface area contributed by atoms with Gasteiger partial charge in [-0.3, -0.25) is 9.69 Å². The van der Waals surface area contributed by atoms with Crippen molar-refractivity contribution in [3.63, 3.8) is 0 Å². The Balaban J connectivity index is 1.85. The number of benzene rings is 1. The highest BCUT2D eigenvalue weighted by Crippen LogP contribution is 2.46. The van der Waals surface area contributed by atoms with Gasteiger partial charge < -0.3 is 0 Å². The third-order valence-corrected chi connectivity index (χ3v) is 5.30. The summed E-state index contributed by atoms with van der Waals surface area (Å²) in [5.41, 5.74) is 1.25. The Hall–Kier alpha value is -1.15. The van der Waals surface area contributed by atoms with Crippen molar-refractivity contribution in [1.82, 2.24) is 4.90 Å².